The minimum absolute atomic E-state index is 0.265. The summed E-state index contributed by atoms with van der Waals surface area (Å²) in [5.41, 5.74) is 13.2. The average molecular weight is 308 g/mol. The fourth-order valence-corrected chi connectivity index (χ4v) is 3.69. The number of benzene rings is 2. The van der Waals surface area contributed by atoms with Gasteiger partial charge in [0.25, 0.3) is 0 Å². The van der Waals surface area contributed by atoms with Crippen molar-refractivity contribution in [1.82, 2.24) is 0 Å². The molecular weight excluding hydrogens is 280 g/mol. The first-order valence-electron chi connectivity index (χ1n) is 8.64. The zero-order chi connectivity index (χ0) is 16.4. The first-order valence-corrected chi connectivity index (χ1v) is 8.64. The highest BCUT2D eigenvalue weighted by molar-refractivity contribution is 5.49. The molecular formula is C21H28N2. The first-order chi connectivity index (χ1) is 11.0. The number of nitrogens with two attached hydrogens (primary N) is 1. The quantitative estimate of drug-likeness (QED) is 0.928. The van der Waals surface area contributed by atoms with Crippen LogP contribution in [0.15, 0.2) is 42.5 Å². The van der Waals surface area contributed by atoms with Crippen LogP contribution in [0, 0.1) is 26.7 Å². The third kappa shape index (κ3) is 3.94. The summed E-state index contributed by atoms with van der Waals surface area (Å²) in [7, 11) is 0. The fraction of sp³-hybridized carbons (Fsp3) is 0.429. The molecule has 2 unspecified atom stereocenters. The summed E-state index contributed by atoms with van der Waals surface area (Å²) in [6.45, 7) is 8.59. The molecule has 2 aromatic rings. The fourth-order valence-electron chi connectivity index (χ4n) is 3.69. The van der Waals surface area contributed by atoms with E-state index in [0.29, 0.717) is 5.92 Å². The normalized spacial score (nSPS) is 21.5. The van der Waals surface area contributed by atoms with Crippen LogP contribution in [0.25, 0.3) is 0 Å². The van der Waals surface area contributed by atoms with Gasteiger partial charge in [-0.3, -0.25) is 0 Å². The second kappa shape index (κ2) is 6.76. The van der Waals surface area contributed by atoms with Gasteiger partial charge in [0.15, 0.2) is 0 Å². The highest BCUT2D eigenvalue weighted by Crippen LogP contribution is 2.26. The van der Waals surface area contributed by atoms with E-state index in [2.05, 4.69) is 68.1 Å². The number of aryl methyl sites for hydroxylation is 3. The van der Waals surface area contributed by atoms with Crippen molar-refractivity contribution in [2.75, 3.05) is 18.0 Å². The van der Waals surface area contributed by atoms with E-state index in [1.165, 1.54) is 27.9 Å². The molecule has 1 fully saturated rings. The summed E-state index contributed by atoms with van der Waals surface area (Å²) in [5, 5.41) is 0. The summed E-state index contributed by atoms with van der Waals surface area (Å²) in [6, 6.07) is 15.9. The van der Waals surface area contributed by atoms with Crippen molar-refractivity contribution in [3.05, 3.63) is 64.7 Å². The third-order valence-electron chi connectivity index (χ3n) is 5.03. The zero-order valence-corrected chi connectivity index (χ0v) is 14.5. The maximum absolute atomic E-state index is 6.36. The van der Waals surface area contributed by atoms with Crippen molar-refractivity contribution in [1.29, 1.82) is 0 Å². The average Bonchev–Trinajstić information content (AvgIpc) is 2.50. The van der Waals surface area contributed by atoms with Crippen LogP contribution in [0.2, 0.25) is 0 Å². The number of piperidine rings is 1. The summed E-state index contributed by atoms with van der Waals surface area (Å²) in [4.78, 5) is 2.47. The molecule has 1 aliphatic heterocycles. The van der Waals surface area contributed by atoms with Crippen LogP contribution < -0.4 is 10.6 Å². The first kappa shape index (κ1) is 16.1. The zero-order valence-electron chi connectivity index (χ0n) is 14.5. The Morgan fingerprint density at radius 2 is 1.83 bits per heavy atom. The lowest BCUT2D eigenvalue weighted by molar-refractivity contribution is 0.374. The standard InChI is InChI=1S/C21H28N2/c1-15-5-4-6-21(9-15)23-13-19(12-20(22)14-23)11-18-8-7-16(2)17(3)10-18/h4-10,19-20H,11-14,22H2,1-3H3. The van der Waals surface area contributed by atoms with Crippen molar-refractivity contribution in [2.24, 2.45) is 11.7 Å². The molecule has 0 radical (unpaired) electrons. The van der Waals surface area contributed by atoms with Crippen molar-refractivity contribution < 1.29 is 0 Å². The molecule has 1 heterocycles. The van der Waals surface area contributed by atoms with Crippen LogP contribution in [0.5, 0.6) is 0 Å². The molecule has 2 heteroatoms. The van der Waals surface area contributed by atoms with Gasteiger partial charge in [0, 0.05) is 24.8 Å². The minimum Gasteiger partial charge on any atom is -0.370 e. The molecule has 1 saturated heterocycles. The molecule has 2 nitrogen and oxygen atoms in total. The van der Waals surface area contributed by atoms with Crippen LogP contribution in [0.3, 0.4) is 0 Å². The van der Waals surface area contributed by atoms with Crippen LogP contribution in [-0.4, -0.2) is 19.1 Å². The second-order valence-electron chi connectivity index (χ2n) is 7.23. The summed E-state index contributed by atoms with van der Waals surface area (Å²) < 4.78 is 0. The molecule has 2 aromatic carbocycles. The Labute approximate surface area is 140 Å². The molecule has 1 aliphatic rings. The van der Waals surface area contributed by atoms with E-state index < -0.39 is 0 Å². The Morgan fingerprint density at radius 1 is 1.00 bits per heavy atom. The van der Waals surface area contributed by atoms with Crippen LogP contribution in [0.4, 0.5) is 5.69 Å². The lowest BCUT2D eigenvalue weighted by atomic mass is 9.88. The van der Waals surface area contributed by atoms with Crippen LogP contribution in [-0.2, 0) is 6.42 Å². The van der Waals surface area contributed by atoms with Crippen molar-refractivity contribution in [3.63, 3.8) is 0 Å². The Balaban J connectivity index is 1.74. The smallest absolute Gasteiger partial charge is 0.0369 e. The minimum atomic E-state index is 0.265. The van der Waals surface area contributed by atoms with E-state index >= 15 is 0 Å². The molecule has 122 valence electrons. The highest BCUT2D eigenvalue weighted by atomic mass is 15.2. The number of nitrogens with zero attached hydrogens (tertiary/aromatic N) is 1. The van der Waals surface area contributed by atoms with Crippen molar-refractivity contribution in [2.45, 2.75) is 39.7 Å². The molecule has 0 aromatic heterocycles. The highest BCUT2D eigenvalue weighted by Gasteiger charge is 2.25. The summed E-state index contributed by atoms with van der Waals surface area (Å²) in [5.74, 6) is 0.626. The molecule has 2 N–H and O–H groups in total. The number of anilines is 1. The Morgan fingerprint density at radius 3 is 2.57 bits per heavy atom. The second-order valence-corrected chi connectivity index (χ2v) is 7.23. The van der Waals surface area contributed by atoms with Gasteiger partial charge in [-0.25, -0.2) is 0 Å². The molecule has 0 bridgehead atoms. The topological polar surface area (TPSA) is 29.3 Å². The van der Waals surface area contributed by atoms with Gasteiger partial charge in [0.05, 0.1) is 0 Å². The maximum atomic E-state index is 6.36. The van der Waals surface area contributed by atoms with E-state index in [-0.39, 0.29) is 6.04 Å². The molecule has 0 amide bonds. The van der Waals surface area contributed by atoms with Crippen molar-refractivity contribution >= 4 is 5.69 Å². The van der Waals surface area contributed by atoms with Gasteiger partial charge in [-0.2, -0.15) is 0 Å². The molecule has 0 spiro atoms. The van der Waals surface area contributed by atoms with E-state index in [1.54, 1.807) is 0 Å². The van der Waals surface area contributed by atoms with E-state index in [1.807, 2.05) is 0 Å². The molecule has 3 rings (SSSR count). The number of rotatable bonds is 3. The molecule has 0 saturated carbocycles. The molecule has 23 heavy (non-hydrogen) atoms. The third-order valence-corrected chi connectivity index (χ3v) is 5.03. The number of hydrogen-bond acceptors (Lipinski definition) is 2. The lowest BCUT2D eigenvalue weighted by Crippen LogP contribution is -2.47. The molecule has 0 aliphatic carbocycles. The van der Waals surface area contributed by atoms with Crippen LogP contribution >= 0.6 is 0 Å². The van der Waals surface area contributed by atoms with Gasteiger partial charge in [0.1, 0.15) is 0 Å². The van der Waals surface area contributed by atoms with Gasteiger partial charge in [-0.15, -0.1) is 0 Å². The van der Waals surface area contributed by atoms with E-state index in [4.69, 9.17) is 5.73 Å². The lowest BCUT2D eigenvalue weighted by Gasteiger charge is -2.38. The van der Waals surface area contributed by atoms with E-state index in [0.717, 1.165) is 25.9 Å². The SMILES string of the molecule is Cc1cccc(N2CC(N)CC(Cc3ccc(C)c(C)c3)C2)c1. The summed E-state index contributed by atoms with van der Waals surface area (Å²) >= 11 is 0. The van der Waals surface area contributed by atoms with Gasteiger partial charge < -0.3 is 10.6 Å². The van der Waals surface area contributed by atoms with Gasteiger partial charge in [-0.05, 0) is 73.9 Å². The van der Waals surface area contributed by atoms with Gasteiger partial charge >= 0.3 is 0 Å². The summed E-state index contributed by atoms with van der Waals surface area (Å²) in [6.07, 6.45) is 2.24. The van der Waals surface area contributed by atoms with Crippen LogP contribution in [0.1, 0.15) is 28.7 Å². The largest absolute Gasteiger partial charge is 0.370 e. The van der Waals surface area contributed by atoms with E-state index in [9.17, 15) is 0 Å². The van der Waals surface area contributed by atoms with Crippen molar-refractivity contribution in [3.8, 4) is 0 Å². The molecule has 2 atom stereocenters. The number of hydrogen-bond donors (Lipinski definition) is 1. The maximum Gasteiger partial charge on any atom is 0.0369 e. The Kier molecular flexibility index (Phi) is 4.72. The predicted octanol–water partition coefficient (Wildman–Crippen LogP) is 4.01. The monoisotopic (exact) mass is 308 g/mol. The van der Waals surface area contributed by atoms with Gasteiger partial charge in [-0.1, -0.05) is 30.3 Å². The Bertz CT molecular complexity index is 677. The van der Waals surface area contributed by atoms with Gasteiger partial charge in [0.2, 0.25) is 0 Å². The predicted molar refractivity (Wildman–Crippen MR) is 99.1 cm³/mol. The Hall–Kier alpha value is -1.80.